The lowest BCUT2D eigenvalue weighted by atomic mass is 9.92. The van der Waals surface area contributed by atoms with Crippen LogP contribution in [-0.4, -0.2) is 54.9 Å². The van der Waals surface area contributed by atoms with Crippen molar-refractivity contribution in [3.8, 4) is 16.9 Å². The number of anilines is 1. The molecule has 1 amide bonds. The number of carbonyl (C=O) groups is 1. The monoisotopic (exact) mass is 464 g/mol. The van der Waals surface area contributed by atoms with E-state index >= 15 is 0 Å². The maximum absolute atomic E-state index is 12.6. The van der Waals surface area contributed by atoms with Crippen molar-refractivity contribution in [1.82, 2.24) is 15.1 Å². The van der Waals surface area contributed by atoms with Gasteiger partial charge in [0.25, 0.3) is 0 Å². The van der Waals surface area contributed by atoms with E-state index in [1.807, 2.05) is 36.9 Å². The Hall–Kier alpha value is -3.46. The van der Waals surface area contributed by atoms with Gasteiger partial charge in [-0.1, -0.05) is 6.08 Å². The minimum atomic E-state index is -0.393. The standard InChI is InChI=1S/C25H32N6O3/c1-5-12-28-24(26-3)34-23-20(18-15-29-30(16-18)19-10-13-27-14-11-19)8-9-22-21(23)7-6-17(2)31(22)25(32)33-4/h5,8-9,12,15-17,19,27H,3,6-7,10-11,13-14H2,1-2,4H3/b12-5-,28-24+/t17-/m0/s1. The number of fused-ring (bicyclic) bond motifs is 1. The molecule has 9 nitrogen and oxygen atoms in total. The summed E-state index contributed by atoms with van der Waals surface area (Å²) < 4.78 is 13.4. The molecule has 2 aliphatic heterocycles. The number of amidine groups is 1. The summed E-state index contributed by atoms with van der Waals surface area (Å²) in [6.45, 7) is 9.47. The molecular formula is C25H32N6O3. The highest BCUT2D eigenvalue weighted by atomic mass is 16.5. The first kappa shape index (κ1) is 23.7. The van der Waals surface area contributed by atoms with Crippen LogP contribution in [-0.2, 0) is 11.2 Å². The number of piperidine rings is 1. The average molecular weight is 465 g/mol. The third-order valence-corrected chi connectivity index (χ3v) is 6.38. The van der Waals surface area contributed by atoms with Crippen molar-refractivity contribution in [2.24, 2.45) is 9.98 Å². The first-order valence-electron chi connectivity index (χ1n) is 11.7. The third-order valence-electron chi connectivity index (χ3n) is 6.38. The Kier molecular flexibility index (Phi) is 7.42. The van der Waals surface area contributed by atoms with Crippen LogP contribution in [0, 0.1) is 0 Å². The van der Waals surface area contributed by atoms with E-state index in [-0.39, 0.29) is 12.1 Å². The summed E-state index contributed by atoms with van der Waals surface area (Å²) in [6, 6.07) is 4.43. The lowest BCUT2D eigenvalue weighted by Gasteiger charge is -2.35. The van der Waals surface area contributed by atoms with Crippen LogP contribution < -0.4 is 15.0 Å². The van der Waals surface area contributed by atoms with Gasteiger partial charge in [-0.25, -0.2) is 14.8 Å². The number of amides is 1. The van der Waals surface area contributed by atoms with E-state index in [4.69, 9.17) is 9.47 Å². The van der Waals surface area contributed by atoms with Crippen molar-refractivity contribution in [2.75, 3.05) is 25.1 Å². The Morgan fingerprint density at radius 1 is 1.29 bits per heavy atom. The van der Waals surface area contributed by atoms with Gasteiger partial charge in [-0.2, -0.15) is 5.10 Å². The molecule has 0 radical (unpaired) electrons. The van der Waals surface area contributed by atoms with E-state index in [0.717, 1.165) is 61.2 Å². The molecule has 1 N–H and O–H groups in total. The molecule has 1 aromatic carbocycles. The minimum Gasteiger partial charge on any atom is -0.452 e. The number of hydrogen-bond acceptors (Lipinski definition) is 6. The van der Waals surface area contributed by atoms with Crippen molar-refractivity contribution < 1.29 is 14.3 Å². The average Bonchev–Trinajstić information content (AvgIpc) is 3.36. The number of rotatable bonds is 4. The number of hydrogen-bond donors (Lipinski definition) is 1. The van der Waals surface area contributed by atoms with Crippen LogP contribution in [0.1, 0.15) is 44.7 Å². The van der Waals surface area contributed by atoms with Crippen LogP contribution in [0.5, 0.6) is 5.75 Å². The number of allylic oxidation sites excluding steroid dienone is 1. The minimum absolute atomic E-state index is 0.00926. The zero-order valence-corrected chi connectivity index (χ0v) is 20.0. The molecule has 0 spiro atoms. The van der Waals surface area contributed by atoms with Crippen LogP contribution in [0.2, 0.25) is 0 Å². The van der Waals surface area contributed by atoms with Gasteiger partial charge < -0.3 is 14.8 Å². The van der Waals surface area contributed by atoms with Crippen molar-refractivity contribution in [3.63, 3.8) is 0 Å². The topological polar surface area (TPSA) is 93.3 Å². The Labute approximate surface area is 200 Å². The fourth-order valence-corrected chi connectivity index (χ4v) is 4.60. The van der Waals surface area contributed by atoms with Gasteiger partial charge in [0.1, 0.15) is 5.75 Å². The third kappa shape index (κ3) is 4.75. The summed E-state index contributed by atoms with van der Waals surface area (Å²) >= 11 is 0. The first-order chi connectivity index (χ1) is 16.6. The van der Waals surface area contributed by atoms with Gasteiger partial charge in [0, 0.05) is 35.1 Å². The lowest BCUT2D eigenvalue weighted by molar-refractivity contribution is 0.175. The highest BCUT2D eigenvalue weighted by Gasteiger charge is 2.32. The van der Waals surface area contributed by atoms with E-state index < -0.39 is 6.09 Å². The Morgan fingerprint density at radius 2 is 2.09 bits per heavy atom. The maximum Gasteiger partial charge on any atom is 0.414 e. The largest absolute Gasteiger partial charge is 0.452 e. The number of aliphatic imine (C=N–C) groups is 2. The smallest absolute Gasteiger partial charge is 0.414 e. The number of methoxy groups -OCH3 is 1. The van der Waals surface area contributed by atoms with Gasteiger partial charge in [0.15, 0.2) is 0 Å². The summed E-state index contributed by atoms with van der Waals surface area (Å²) in [5, 5.41) is 8.05. The van der Waals surface area contributed by atoms with Crippen LogP contribution in [0.25, 0.3) is 11.1 Å². The van der Waals surface area contributed by atoms with E-state index in [9.17, 15) is 4.79 Å². The molecule has 2 aromatic rings. The van der Waals surface area contributed by atoms with Crippen LogP contribution in [0.3, 0.4) is 0 Å². The molecule has 0 bridgehead atoms. The molecule has 1 saturated heterocycles. The summed E-state index contributed by atoms with van der Waals surface area (Å²) in [4.78, 5) is 22.5. The molecule has 3 heterocycles. The fourth-order valence-electron chi connectivity index (χ4n) is 4.60. The number of aromatic nitrogens is 2. The number of carbonyl (C=O) groups excluding carboxylic acids is 1. The predicted octanol–water partition coefficient (Wildman–Crippen LogP) is 4.35. The molecular weight excluding hydrogens is 432 g/mol. The number of benzene rings is 1. The van der Waals surface area contributed by atoms with Crippen molar-refractivity contribution in [3.05, 3.63) is 42.4 Å². The molecule has 34 heavy (non-hydrogen) atoms. The highest BCUT2D eigenvalue weighted by molar-refractivity contribution is 5.93. The van der Waals surface area contributed by atoms with Gasteiger partial charge in [-0.3, -0.25) is 9.58 Å². The van der Waals surface area contributed by atoms with Crippen LogP contribution >= 0.6 is 0 Å². The van der Waals surface area contributed by atoms with E-state index in [1.54, 1.807) is 17.2 Å². The summed E-state index contributed by atoms with van der Waals surface area (Å²) in [5.74, 6) is 0.610. The molecule has 1 aromatic heterocycles. The second-order valence-electron chi connectivity index (χ2n) is 8.51. The van der Waals surface area contributed by atoms with Crippen molar-refractivity contribution in [2.45, 2.75) is 51.6 Å². The normalized spacial score (nSPS) is 19.2. The van der Waals surface area contributed by atoms with E-state index in [0.29, 0.717) is 11.8 Å². The summed E-state index contributed by atoms with van der Waals surface area (Å²) in [6.07, 6.45) is 10.5. The second-order valence-corrected chi connectivity index (χ2v) is 8.51. The zero-order valence-electron chi connectivity index (χ0n) is 20.0. The van der Waals surface area contributed by atoms with Gasteiger partial charge in [0.2, 0.25) is 0 Å². The van der Waals surface area contributed by atoms with Gasteiger partial charge >= 0.3 is 12.1 Å². The summed E-state index contributed by atoms with van der Waals surface area (Å²) in [5.41, 5.74) is 3.49. The maximum atomic E-state index is 12.6. The predicted molar refractivity (Wildman–Crippen MR) is 134 cm³/mol. The Morgan fingerprint density at radius 3 is 2.79 bits per heavy atom. The molecule has 1 atom stereocenters. The highest BCUT2D eigenvalue weighted by Crippen LogP contribution is 2.43. The quantitative estimate of drug-likeness (QED) is 0.536. The molecule has 0 aliphatic carbocycles. The molecule has 2 aliphatic rings. The first-order valence-corrected chi connectivity index (χ1v) is 11.7. The molecule has 1 fully saturated rings. The van der Waals surface area contributed by atoms with Gasteiger partial charge in [0.05, 0.1) is 25.0 Å². The number of nitrogens with zero attached hydrogens (tertiary/aromatic N) is 5. The fraction of sp³-hybridized carbons (Fsp3) is 0.440. The SMILES string of the molecule is C=N/C(=N\C=C/C)Oc1c(-c2cnn(C3CCNCC3)c2)ccc2c1CC[C@H](C)N2C(=O)OC. The second kappa shape index (κ2) is 10.6. The van der Waals surface area contributed by atoms with Gasteiger partial charge in [-0.05, 0) is 71.5 Å². The molecule has 0 unspecified atom stereocenters. The molecule has 4 rings (SSSR count). The van der Waals surface area contributed by atoms with Crippen LogP contribution in [0.15, 0.2) is 46.8 Å². The Balaban J connectivity index is 1.81. The Bertz CT molecular complexity index is 1100. The number of ether oxygens (including phenoxy) is 2. The zero-order chi connectivity index (χ0) is 24.1. The number of nitrogens with one attached hydrogen (secondary N) is 1. The molecule has 180 valence electrons. The van der Waals surface area contributed by atoms with Crippen molar-refractivity contribution >= 4 is 24.5 Å². The lowest BCUT2D eigenvalue weighted by Crippen LogP contribution is -2.42. The summed E-state index contributed by atoms with van der Waals surface area (Å²) in [7, 11) is 1.40. The van der Waals surface area contributed by atoms with Crippen LogP contribution in [0.4, 0.5) is 10.5 Å². The van der Waals surface area contributed by atoms with Crippen molar-refractivity contribution in [1.29, 1.82) is 0 Å². The molecule has 0 saturated carbocycles. The van der Waals surface area contributed by atoms with E-state index in [1.165, 1.54) is 7.11 Å². The molecule has 9 heteroatoms. The van der Waals surface area contributed by atoms with E-state index in [2.05, 4.69) is 33.3 Å². The van der Waals surface area contributed by atoms with Gasteiger partial charge in [-0.15, -0.1) is 0 Å².